The fourth-order valence-corrected chi connectivity index (χ4v) is 1.38. The molecule has 1 unspecified atom stereocenters. The molecule has 0 radical (unpaired) electrons. The fourth-order valence-electron chi connectivity index (χ4n) is 1.08. The monoisotopic (exact) mass is 336 g/mol. The third-order valence-electron chi connectivity index (χ3n) is 2.14. The number of allylic oxidation sites excluding steroid dienone is 1. The number of hydrogen-bond acceptors (Lipinski definition) is 6. The first-order chi connectivity index (χ1) is 8.80. The molecule has 7 nitrogen and oxygen atoms in total. The van der Waals surface area contributed by atoms with Gasteiger partial charge in [0.15, 0.2) is 0 Å². The van der Waals surface area contributed by atoms with E-state index in [0.717, 1.165) is 0 Å². The van der Waals surface area contributed by atoms with Gasteiger partial charge in [-0.3, -0.25) is 9.35 Å². The summed E-state index contributed by atoms with van der Waals surface area (Å²) in [6.07, 6.45) is 3.11. The van der Waals surface area contributed by atoms with E-state index in [-0.39, 0.29) is 44.3 Å². The molecule has 0 saturated heterocycles. The normalized spacial score (nSPS) is 12.6. The van der Waals surface area contributed by atoms with E-state index < -0.39 is 40.3 Å². The standard InChI is InChI=1S/C11H18O7S.Ca.2H/c1-3-5-10(12)18-8-9(4-2)11(13)17-6-7-19(14,15)16;;;/h3,5,9H,4,6-8H2,1-2H3,(H,14,15,16);;;. The minimum atomic E-state index is -4.16. The van der Waals surface area contributed by atoms with Crippen LogP contribution >= 0.6 is 0 Å². The van der Waals surface area contributed by atoms with Crippen LogP contribution in [-0.2, 0) is 29.2 Å². The fraction of sp³-hybridized carbons (Fsp3) is 0.636. The second kappa shape index (κ2) is 11.5. The molecule has 0 amide bonds. The molecule has 0 aromatic rings. The molecule has 114 valence electrons. The number of hydrogen-bond donors (Lipinski definition) is 1. The first-order valence-electron chi connectivity index (χ1n) is 5.71. The number of rotatable bonds is 8. The van der Waals surface area contributed by atoms with E-state index in [9.17, 15) is 18.0 Å². The molecule has 0 spiro atoms. The molecule has 0 saturated carbocycles. The summed E-state index contributed by atoms with van der Waals surface area (Å²) >= 11 is 0. The van der Waals surface area contributed by atoms with Crippen molar-refractivity contribution in [2.75, 3.05) is 19.0 Å². The van der Waals surface area contributed by atoms with Gasteiger partial charge in [-0.2, -0.15) is 8.42 Å². The number of carbonyl (C=O) groups excluding carboxylic acids is 2. The Morgan fingerprint density at radius 1 is 1.30 bits per heavy atom. The van der Waals surface area contributed by atoms with E-state index in [1.807, 2.05) is 0 Å². The molecular formula is C11H20CaO7S. The molecule has 0 aromatic heterocycles. The summed E-state index contributed by atoms with van der Waals surface area (Å²) in [5.41, 5.74) is 0. The van der Waals surface area contributed by atoms with Gasteiger partial charge in [0, 0.05) is 6.08 Å². The predicted molar refractivity (Wildman–Crippen MR) is 75.5 cm³/mol. The Balaban J connectivity index is 0. The van der Waals surface area contributed by atoms with E-state index in [1.165, 1.54) is 12.2 Å². The van der Waals surface area contributed by atoms with Crippen molar-refractivity contribution in [3.05, 3.63) is 12.2 Å². The maximum atomic E-state index is 11.5. The molecule has 1 N–H and O–H groups in total. The SMILES string of the molecule is CC=CC(=O)OCC(CC)C(=O)OCCS(=O)(=O)O.[CaH2]. The molecular weight excluding hydrogens is 316 g/mol. The second-order valence-electron chi connectivity index (χ2n) is 3.69. The van der Waals surface area contributed by atoms with Crippen molar-refractivity contribution in [3.63, 3.8) is 0 Å². The molecule has 0 fully saturated rings. The van der Waals surface area contributed by atoms with Crippen LogP contribution in [0.4, 0.5) is 0 Å². The Bertz CT molecular complexity index is 430. The third-order valence-corrected chi connectivity index (χ3v) is 2.82. The average molecular weight is 336 g/mol. The molecule has 0 aliphatic heterocycles. The van der Waals surface area contributed by atoms with E-state index in [1.54, 1.807) is 13.8 Å². The summed E-state index contributed by atoms with van der Waals surface area (Å²) in [6.45, 7) is 2.79. The molecule has 20 heavy (non-hydrogen) atoms. The van der Waals surface area contributed by atoms with Crippen LogP contribution in [0.15, 0.2) is 12.2 Å². The Morgan fingerprint density at radius 2 is 1.90 bits per heavy atom. The quantitative estimate of drug-likeness (QED) is 0.279. The van der Waals surface area contributed by atoms with Crippen LogP contribution in [0.25, 0.3) is 0 Å². The molecule has 0 aliphatic carbocycles. The van der Waals surface area contributed by atoms with Crippen LogP contribution in [-0.4, -0.2) is 81.6 Å². The van der Waals surface area contributed by atoms with Crippen molar-refractivity contribution in [2.45, 2.75) is 20.3 Å². The van der Waals surface area contributed by atoms with Crippen LogP contribution in [0.5, 0.6) is 0 Å². The molecule has 0 bridgehead atoms. The van der Waals surface area contributed by atoms with Crippen LogP contribution < -0.4 is 0 Å². The Labute approximate surface area is 148 Å². The minimum absolute atomic E-state index is 0. The van der Waals surface area contributed by atoms with Gasteiger partial charge in [-0.05, 0) is 13.3 Å². The van der Waals surface area contributed by atoms with Gasteiger partial charge >= 0.3 is 49.7 Å². The zero-order valence-corrected chi connectivity index (χ0v) is 11.7. The summed E-state index contributed by atoms with van der Waals surface area (Å²) in [6, 6.07) is 0. The first-order valence-corrected chi connectivity index (χ1v) is 7.32. The molecule has 0 rings (SSSR count). The summed E-state index contributed by atoms with van der Waals surface area (Å²) < 4.78 is 38.8. The Kier molecular flexibility index (Phi) is 12.7. The van der Waals surface area contributed by atoms with E-state index in [0.29, 0.717) is 6.42 Å². The molecule has 0 aliphatic rings. The van der Waals surface area contributed by atoms with Crippen LogP contribution in [0.2, 0.25) is 0 Å². The Morgan fingerprint density at radius 3 is 2.35 bits per heavy atom. The number of carbonyl (C=O) groups is 2. The number of ether oxygens (including phenoxy) is 2. The third kappa shape index (κ3) is 11.7. The zero-order chi connectivity index (χ0) is 14.9. The van der Waals surface area contributed by atoms with Crippen LogP contribution in [0.3, 0.4) is 0 Å². The average Bonchev–Trinajstić information content (AvgIpc) is 2.28. The van der Waals surface area contributed by atoms with Crippen molar-refractivity contribution in [1.29, 1.82) is 0 Å². The summed E-state index contributed by atoms with van der Waals surface area (Å²) in [7, 11) is -4.16. The molecule has 0 heterocycles. The van der Waals surface area contributed by atoms with Crippen molar-refractivity contribution in [2.24, 2.45) is 5.92 Å². The second-order valence-corrected chi connectivity index (χ2v) is 5.26. The van der Waals surface area contributed by atoms with Gasteiger partial charge in [0.25, 0.3) is 10.1 Å². The van der Waals surface area contributed by atoms with Gasteiger partial charge in [-0.1, -0.05) is 13.0 Å². The molecule has 9 heteroatoms. The maximum absolute atomic E-state index is 11.5. The van der Waals surface area contributed by atoms with Crippen molar-refractivity contribution >= 4 is 59.8 Å². The topological polar surface area (TPSA) is 107 Å². The summed E-state index contributed by atoms with van der Waals surface area (Å²) in [5.74, 6) is -2.55. The van der Waals surface area contributed by atoms with Gasteiger partial charge in [0.2, 0.25) is 0 Å². The molecule has 0 aromatic carbocycles. The van der Waals surface area contributed by atoms with E-state index in [4.69, 9.17) is 9.29 Å². The van der Waals surface area contributed by atoms with Gasteiger partial charge < -0.3 is 9.47 Å². The first kappa shape index (κ1) is 22.1. The van der Waals surface area contributed by atoms with E-state index in [2.05, 4.69) is 4.74 Å². The van der Waals surface area contributed by atoms with E-state index >= 15 is 0 Å². The molecule has 1 atom stereocenters. The zero-order valence-electron chi connectivity index (χ0n) is 10.9. The summed E-state index contributed by atoms with van der Waals surface area (Å²) in [4.78, 5) is 22.6. The van der Waals surface area contributed by atoms with Crippen LogP contribution in [0, 0.1) is 5.92 Å². The predicted octanol–water partition coefficient (Wildman–Crippen LogP) is -0.353. The van der Waals surface area contributed by atoms with Crippen molar-refractivity contribution in [1.82, 2.24) is 0 Å². The van der Waals surface area contributed by atoms with Crippen LogP contribution in [0.1, 0.15) is 20.3 Å². The summed E-state index contributed by atoms with van der Waals surface area (Å²) in [5, 5.41) is 0. The van der Waals surface area contributed by atoms with Gasteiger partial charge in [-0.15, -0.1) is 0 Å². The number of esters is 2. The van der Waals surface area contributed by atoms with Crippen molar-refractivity contribution < 1.29 is 32.0 Å². The van der Waals surface area contributed by atoms with Crippen molar-refractivity contribution in [3.8, 4) is 0 Å². The Hall–Kier alpha value is -0.150. The van der Waals surface area contributed by atoms with Gasteiger partial charge in [-0.25, -0.2) is 4.79 Å². The van der Waals surface area contributed by atoms with Gasteiger partial charge in [0.05, 0.1) is 5.92 Å². The van der Waals surface area contributed by atoms with Gasteiger partial charge in [0.1, 0.15) is 19.0 Å².